The lowest BCUT2D eigenvalue weighted by molar-refractivity contribution is 0.588. The summed E-state index contributed by atoms with van der Waals surface area (Å²) in [7, 11) is 0. The molecule has 1 atom stereocenters. The highest BCUT2D eigenvalue weighted by Crippen LogP contribution is 2.38. The van der Waals surface area contributed by atoms with Crippen LogP contribution in [0, 0.1) is 0 Å². The Balaban J connectivity index is 1.35. The van der Waals surface area contributed by atoms with E-state index in [0.29, 0.717) is 5.92 Å². The van der Waals surface area contributed by atoms with Gasteiger partial charge in [0.2, 0.25) is 0 Å². The Bertz CT molecular complexity index is 1400. The lowest BCUT2D eigenvalue weighted by Gasteiger charge is -2.27. The molecule has 0 N–H and O–H groups in total. The third kappa shape index (κ3) is 3.38. The van der Waals surface area contributed by atoms with E-state index in [1.165, 1.54) is 50.2 Å². The smallest absolute Gasteiger partial charge is 0.0175 e. The maximum atomic E-state index is 3.53. The van der Waals surface area contributed by atoms with Gasteiger partial charge in [-0.1, -0.05) is 101 Å². The number of rotatable bonds is 2. The van der Waals surface area contributed by atoms with Gasteiger partial charge >= 0.3 is 0 Å². The predicted molar refractivity (Wildman–Crippen MR) is 136 cm³/mol. The van der Waals surface area contributed by atoms with Crippen molar-refractivity contribution in [1.29, 1.82) is 0 Å². The quantitative estimate of drug-likeness (QED) is 0.230. The summed E-state index contributed by atoms with van der Waals surface area (Å²) in [6.45, 7) is 0. The largest absolute Gasteiger partial charge is 0.0616 e. The molecule has 6 rings (SSSR count). The van der Waals surface area contributed by atoms with Crippen LogP contribution < -0.4 is 0 Å². The van der Waals surface area contributed by atoms with E-state index >= 15 is 0 Å². The van der Waals surface area contributed by atoms with E-state index in [9.17, 15) is 0 Å². The first-order valence-electron chi connectivity index (χ1n) is 11.0. The van der Waals surface area contributed by atoms with E-state index in [2.05, 4.69) is 113 Å². The molecule has 1 unspecified atom stereocenters. The normalized spacial score (nSPS) is 15.8. The van der Waals surface area contributed by atoms with Gasteiger partial charge in [0.25, 0.3) is 0 Å². The molecular weight excluding hydrogens is 440 g/mol. The molecule has 0 saturated heterocycles. The molecule has 0 bridgehead atoms. The molecule has 1 aliphatic rings. The highest BCUT2D eigenvalue weighted by Gasteiger charge is 2.22. The number of hydrogen-bond donors (Lipinski definition) is 0. The van der Waals surface area contributed by atoms with Crippen molar-refractivity contribution in [2.45, 2.75) is 25.2 Å². The Morgan fingerprint density at radius 2 is 1.32 bits per heavy atom. The third-order valence-electron chi connectivity index (χ3n) is 6.91. The van der Waals surface area contributed by atoms with E-state index < -0.39 is 0 Å². The molecule has 31 heavy (non-hydrogen) atoms. The molecule has 0 aromatic heterocycles. The Morgan fingerprint density at radius 3 is 2.13 bits per heavy atom. The van der Waals surface area contributed by atoms with Crippen LogP contribution in [0.4, 0.5) is 0 Å². The highest BCUT2D eigenvalue weighted by molar-refractivity contribution is 9.10. The zero-order chi connectivity index (χ0) is 20.8. The SMILES string of the molecule is Brc1ccc(-c2ccc(C3CCc4ccc5c(ccc6ccccc65)c4C3)cc2)cc1. The van der Waals surface area contributed by atoms with Gasteiger partial charge < -0.3 is 0 Å². The van der Waals surface area contributed by atoms with Crippen molar-refractivity contribution >= 4 is 37.5 Å². The van der Waals surface area contributed by atoms with Crippen LogP contribution in [0.15, 0.2) is 102 Å². The molecule has 1 heteroatoms. The first kappa shape index (κ1) is 18.8. The molecule has 1 aliphatic carbocycles. The van der Waals surface area contributed by atoms with Gasteiger partial charge in [-0.15, -0.1) is 0 Å². The van der Waals surface area contributed by atoms with Gasteiger partial charge in [0.1, 0.15) is 0 Å². The molecule has 5 aromatic carbocycles. The molecule has 0 fully saturated rings. The Morgan fingerprint density at radius 1 is 0.613 bits per heavy atom. The van der Waals surface area contributed by atoms with Crippen molar-refractivity contribution < 1.29 is 0 Å². The van der Waals surface area contributed by atoms with Crippen LogP contribution >= 0.6 is 15.9 Å². The summed E-state index contributed by atoms with van der Waals surface area (Å²) in [6.07, 6.45) is 3.52. The summed E-state index contributed by atoms with van der Waals surface area (Å²) in [6, 6.07) is 35.9. The first-order chi connectivity index (χ1) is 15.3. The number of halogens is 1. The van der Waals surface area contributed by atoms with Gasteiger partial charge in [0.05, 0.1) is 0 Å². The average molecular weight is 463 g/mol. The fourth-order valence-corrected chi connectivity index (χ4v) is 5.49. The number of aryl methyl sites for hydroxylation is 1. The van der Waals surface area contributed by atoms with E-state index in [-0.39, 0.29) is 0 Å². The van der Waals surface area contributed by atoms with Gasteiger partial charge in [-0.2, -0.15) is 0 Å². The summed E-state index contributed by atoms with van der Waals surface area (Å²) in [4.78, 5) is 0. The summed E-state index contributed by atoms with van der Waals surface area (Å²) in [5.41, 5.74) is 7.09. The molecule has 0 saturated carbocycles. The van der Waals surface area contributed by atoms with Gasteiger partial charge in [-0.25, -0.2) is 0 Å². The Hall–Kier alpha value is -2.90. The highest BCUT2D eigenvalue weighted by atomic mass is 79.9. The van der Waals surface area contributed by atoms with Crippen LogP contribution in [-0.4, -0.2) is 0 Å². The lowest BCUT2D eigenvalue weighted by atomic mass is 9.78. The minimum atomic E-state index is 0.587. The Kier molecular flexibility index (Phi) is 4.65. The second kappa shape index (κ2) is 7.66. The van der Waals surface area contributed by atoms with Crippen molar-refractivity contribution in [2.24, 2.45) is 0 Å². The molecule has 0 amide bonds. The minimum Gasteiger partial charge on any atom is -0.0616 e. The van der Waals surface area contributed by atoms with Crippen molar-refractivity contribution in [3.8, 4) is 11.1 Å². The number of benzene rings is 5. The van der Waals surface area contributed by atoms with E-state index in [0.717, 1.165) is 17.3 Å². The fraction of sp³-hybridized carbons (Fsp3) is 0.133. The summed E-state index contributed by atoms with van der Waals surface area (Å²) < 4.78 is 1.12. The van der Waals surface area contributed by atoms with Crippen molar-refractivity contribution in [1.82, 2.24) is 0 Å². The summed E-state index contributed by atoms with van der Waals surface area (Å²) >= 11 is 3.53. The van der Waals surface area contributed by atoms with Crippen LogP contribution in [0.5, 0.6) is 0 Å². The molecule has 0 aliphatic heterocycles. The monoisotopic (exact) mass is 462 g/mol. The predicted octanol–water partition coefficient (Wildman–Crippen LogP) is 8.70. The number of hydrogen-bond acceptors (Lipinski definition) is 0. The molecule has 5 aromatic rings. The zero-order valence-electron chi connectivity index (χ0n) is 17.3. The summed E-state index contributed by atoms with van der Waals surface area (Å²) in [5, 5.41) is 5.52. The van der Waals surface area contributed by atoms with Crippen LogP contribution in [0.1, 0.15) is 29.0 Å². The molecule has 0 nitrogen and oxygen atoms in total. The van der Waals surface area contributed by atoms with Crippen LogP contribution in [0.2, 0.25) is 0 Å². The van der Waals surface area contributed by atoms with Crippen LogP contribution in [0.25, 0.3) is 32.7 Å². The summed E-state index contributed by atoms with van der Waals surface area (Å²) in [5.74, 6) is 0.587. The topological polar surface area (TPSA) is 0 Å². The minimum absolute atomic E-state index is 0.587. The van der Waals surface area contributed by atoms with Crippen molar-refractivity contribution in [2.75, 3.05) is 0 Å². The van der Waals surface area contributed by atoms with Gasteiger partial charge in [0.15, 0.2) is 0 Å². The number of fused-ring (bicyclic) bond motifs is 5. The van der Waals surface area contributed by atoms with Gasteiger partial charge in [-0.3, -0.25) is 0 Å². The second-order valence-corrected chi connectivity index (χ2v) is 9.57. The van der Waals surface area contributed by atoms with Crippen molar-refractivity contribution in [3.63, 3.8) is 0 Å². The standard InChI is InChI=1S/C30H23Br/c31-26-15-11-21(12-16-26)20-5-7-22(8-6-20)25-10-9-24-14-17-28-27-4-2-1-3-23(27)13-18-29(28)30(24)19-25/h1-8,11-18,25H,9-10,19H2. The molecule has 0 heterocycles. The van der Waals surface area contributed by atoms with Gasteiger partial charge in [0, 0.05) is 4.47 Å². The van der Waals surface area contributed by atoms with Crippen LogP contribution in [-0.2, 0) is 12.8 Å². The Labute approximate surface area is 191 Å². The second-order valence-electron chi connectivity index (χ2n) is 8.65. The van der Waals surface area contributed by atoms with Crippen molar-refractivity contribution in [3.05, 3.63) is 118 Å². The van der Waals surface area contributed by atoms with Crippen LogP contribution in [0.3, 0.4) is 0 Å². The molecule has 150 valence electrons. The van der Waals surface area contributed by atoms with E-state index in [1.54, 1.807) is 5.56 Å². The van der Waals surface area contributed by atoms with E-state index in [1.807, 2.05) is 0 Å². The molecule has 0 radical (unpaired) electrons. The lowest BCUT2D eigenvalue weighted by Crippen LogP contribution is -2.13. The zero-order valence-corrected chi connectivity index (χ0v) is 18.9. The average Bonchev–Trinajstić information content (AvgIpc) is 2.84. The first-order valence-corrected chi connectivity index (χ1v) is 11.8. The molecule has 0 spiro atoms. The van der Waals surface area contributed by atoms with Gasteiger partial charge in [-0.05, 0) is 86.7 Å². The fourth-order valence-electron chi connectivity index (χ4n) is 5.22. The van der Waals surface area contributed by atoms with E-state index in [4.69, 9.17) is 0 Å². The maximum absolute atomic E-state index is 3.53. The molecular formula is C30H23Br. The third-order valence-corrected chi connectivity index (χ3v) is 7.44. The maximum Gasteiger partial charge on any atom is 0.0175 e.